The average molecular weight is 143 g/mol. The van der Waals surface area contributed by atoms with E-state index in [0.29, 0.717) is 6.42 Å². The van der Waals surface area contributed by atoms with Crippen molar-refractivity contribution in [2.24, 2.45) is 0 Å². The van der Waals surface area contributed by atoms with Gasteiger partial charge in [-0.1, -0.05) is 13.3 Å². The molecule has 0 aromatic carbocycles. The molecular weight excluding hydrogens is 129 g/mol. The van der Waals surface area contributed by atoms with Crippen LogP contribution < -0.4 is 0 Å². The van der Waals surface area contributed by atoms with Crippen LogP contribution in [-0.4, -0.2) is 18.0 Å². The van der Waals surface area contributed by atoms with E-state index in [-0.39, 0.29) is 5.83 Å². The fourth-order valence-corrected chi connectivity index (χ4v) is 1.12. The molecule has 0 bridgehead atoms. The number of rotatable bonds is 3. The van der Waals surface area contributed by atoms with Crippen LogP contribution in [0.2, 0.25) is 0 Å². The SMILES string of the molecule is CCCCN1C=C(F)CC1. The number of hydrogen-bond acceptors (Lipinski definition) is 1. The van der Waals surface area contributed by atoms with Crippen molar-refractivity contribution in [3.05, 3.63) is 12.0 Å². The summed E-state index contributed by atoms with van der Waals surface area (Å²) in [5.41, 5.74) is 0. The Bertz CT molecular complexity index is 131. The summed E-state index contributed by atoms with van der Waals surface area (Å²) in [5.74, 6) is 0.0381. The third-order valence-corrected chi connectivity index (χ3v) is 1.76. The van der Waals surface area contributed by atoms with Gasteiger partial charge in [-0.2, -0.15) is 0 Å². The highest BCUT2D eigenvalue weighted by Gasteiger charge is 2.09. The molecule has 2 heteroatoms. The molecule has 0 spiro atoms. The summed E-state index contributed by atoms with van der Waals surface area (Å²) in [5, 5.41) is 0. The van der Waals surface area contributed by atoms with Crippen molar-refractivity contribution in [1.82, 2.24) is 4.90 Å². The van der Waals surface area contributed by atoms with Crippen molar-refractivity contribution < 1.29 is 4.39 Å². The minimum absolute atomic E-state index is 0.0381. The first-order valence-corrected chi connectivity index (χ1v) is 3.93. The molecule has 58 valence electrons. The highest BCUT2D eigenvalue weighted by Crippen LogP contribution is 2.14. The average Bonchev–Trinajstić information content (AvgIpc) is 2.31. The molecule has 1 nitrogen and oxygen atoms in total. The summed E-state index contributed by atoms with van der Waals surface area (Å²) in [7, 11) is 0. The largest absolute Gasteiger partial charge is 0.375 e. The van der Waals surface area contributed by atoms with Gasteiger partial charge in [0.15, 0.2) is 0 Å². The molecular formula is C8H14FN. The third-order valence-electron chi connectivity index (χ3n) is 1.76. The molecule has 0 fully saturated rings. The van der Waals surface area contributed by atoms with Gasteiger partial charge in [0, 0.05) is 25.7 Å². The highest BCUT2D eigenvalue weighted by molar-refractivity contribution is 4.98. The molecule has 1 rings (SSSR count). The summed E-state index contributed by atoms with van der Waals surface area (Å²) in [6, 6.07) is 0. The normalized spacial score (nSPS) is 17.8. The lowest BCUT2D eigenvalue weighted by Gasteiger charge is -2.12. The van der Waals surface area contributed by atoms with E-state index in [4.69, 9.17) is 0 Å². The molecule has 10 heavy (non-hydrogen) atoms. The van der Waals surface area contributed by atoms with E-state index in [1.807, 2.05) is 0 Å². The molecule has 0 aromatic heterocycles. The van der Waals surface area contributed by atoms with Gasteiger partial charge in [0.25, 0.3) is 0 Å². The molecule has 0 aromatic rings. The van der Waals surface area contributed by atoms with Gasteiger partial charge in [0.05, 0.1) is 0 Å². The number of halogens is 1. The number of hydrogen-bond donors (Lipinski definition) is 0. The summed E-state index contributed by atoms with van der Waals surface area (Å²) in [6.45, 7) is 4.05. The maximum Gasteiger partial charge on any atom is 0.117 e. The minimum Gasteiger partial charge on any atom is -0.375 e. The van der Waals surface area contributed by atoms with Crippen LogP contribution in [0.4, 0.5) is 4.39 Å². The van der Waals surface area contributed by atoms with E-state index in [2.05, 4.69) is 11.8 Å². The smallest absolute Gasteiger partial charge is 0.117 e. The van der Waals surface area contributed by atoms with Gasteiger partial charge in [-0.05, 0) is 6.42 Å². The first-order valence-electron chi connectivity index (χ1n) is 3.93. The van der Waals surface area contributed by atoms with Crippen molar-refractivity contribution in [1.29, 1.82) is 0 Å². The number of unbranched alkanes of at least 4 members (excludes halogenated alkanes) is 1. The van der Waals surface area contributed by atoms with Gasteiger partial charge in [0.2, 0.25) is 0 Å². The van der Waals surface area contributed by atoms with Crippen LogP contribution in [0.15, 0.2) is 12.0 Å². The lowest BCUT2D eigenvalue weighted by atomic mass is 10.3. The predicted octanol–water partition coefficient (Wildman–Crippen LogP) is 2.30. The molecule has 0 saturated heterocycles. The van der Waals surface area contributed by atoms with Gasteiger partial charge < -0.3 is 4.90 Å². The molecule has 1 aliphatic heterocycles. The molecule has 0 N–H and O–H groups in total. The Kier molecular flexibility index (Phi) is 2.72. The second-order valence-corrected chi connectivity index (χ2v) is 2.72. The molecule has 0 radical (unpaired) electrons. The van der Waals surface area contributed by atoms with Crippen molar-refractivity contribution in [3.63, 3.8) is 0 Å². The zero-order valence-corrected chi connectivity index (χ0v) is 6.44. The number of nitrogens with zero attached hydrogens (tertiary/aromatic N) is 1. The standard InChI is InChI=1S/C8H14FN/c1-2-3-5-10-6-4-8(9)7-10/h7H,2-6H2,1H3. The lowest BCUT2D eigenvalue weighted by molar-refractivity contribution is 0.396. The Morgan fingerprint density at radius 1 is 1.70 bits per heavy atom. The van der Waals surface area contributed by atoms with Gasteiger partial charge in [-0.15, -0.1) is 0 Å². The first-order chi connectivity index (χ1) is 4.83. The van der Waals surface area contributed by atoms with Crippen molar-refractivity contribution in [2.75, 3.05) is 13.1 Å². The van der Waals surface area contributed by atoms with Gasteiger partial charge in [-0.3, -0.25) is 0 Å². The van der Waals surface area contributed by atoms with Crippen LogP contribution in [0.25, 0.3) is 0 Å². The third kappa shape index (κ3) is 2.01. The quantitative estimate of drug-likeness (QED) is 0.586. The zero-order chi connectivity index (χ0) is 7.40. The van der Waals surface area contributed by atoms with E-state index < -0.39 is 0 Å². The fourth-order valence-electron chi connectivity index (χ4n) is 1.12. The van der Waals surface area contributed by atoms with E-state index in [0.717, 1.165) is 13.1 Å². The van der Waals surface area contributed by atoms with Crippen molar-refractivity contribution in [2.45, 2.75) is 26.2 Å². The predicted molar refractivity (Wildman–Crippen MR) is 40.3 cm³/mol. The Morgan fingerprint density at radius 3 is 3.00 bits per heavy atom. The molecule has 1 heterocycles. The Hall–Kier alpha value is -0.530. The molecule has 0 aliphatic carbocycles. The highest BCUT2D eigenvalue weighted by atomic mass is 19.1. The second-order valence-electron chi connectivity index (χ2n) is 2.72. The van der Waals surface area contributed by atoms with Crippen LogP contribution in [0.5, 0.6) is 0 Å². The Balaban J connectivity index is 2.18. The van der Waals surface area contributed by atoms with E-state index >= 15 is 0 Å². The van der Waals surface area contributed by atoms with Crippen molar-refractivity contribution >= 4 is 0 Å². The van der Waals surface area contributed by atoms with Gasteiger partial charge in [0.1, 0.15) is 5.83 Å². The summed E-state index contributed by atoms with van der Waals surface area (Å²) < 4.78 is 12.4. The van der Waals surface area contributed by atoms with Crippen LogP contribution in [-0.2, 0) is 0 Å². The summed E-state index contributed by atoms with van der Waals surface area (Å²) in [6.07, 6.45) is 4.61. The summed E-state index contributed by atoms with van der Waals surface area (Å²) in [4.78, 5) is 2.05. The molecule has 0 amide bonds. The van der Waals surface area contributed by atoms with E-state index in [1.54, 1.807) is 6.20 Å². The van der Waals surface area contributed by atoms with E-state index in [1.165, 1.54) is 12.8 Å². The van der Waals surface area contributed by atoms with E-state index in [9.17, 15) is 4.39 Å². The maximum absolute atomic E-state index is 12.4. The fraction of sp³-hybridized carbons (Fsp3) is 0.750. The summed E-state index contributed by atoms with van der Waals surface area (Å²) >= 11 is 0. The zero-order valence-electron chi connectivity index (χ0n) is 6.44. The maximum atomic E-state index is 12.4. The van der Waals surface area contributed by atoms with Crippen LogP contribution in [0.3, 0.4) is 0 Å². The first kappa shape index (κ1) is 7.58. The molecule has 0 saturated carbocycles. The van der Waals surface area contributed by atoms with Crippen molar-refractivity contribution in [3.8, 4) is 0 Å². The Morgan fingerprint density at radius 2 is 2.50 bits per heavy atom. The molecule has 0 unspecified atom stereocenters. The molecule has 1 aliphatic rings. The lowest BCUT2D eigenvalue weighted by Crippen LogP contribution is -2.15. The second kappa shape index (κ2) is 3.59. The molecule has 0 atom stereocenters. The topological polar surface area (TPSA) is 3.24 Å². The van der Waals surface area contributed by atoms with Crippen LogP contribution >= 0.6 is 0 Å². The van der Waals surface area contributed by atoms with Crippen LogP contribution in [0, 0.1) is 0 Å². The van der Waals surface area contributed by atoms with Crippen LogP contribution in [0.1, 0.15) is 26.2 Å². The van der Waals surface area contributed by atoms with Gasteiger partial charge >= 0.3 is 0 Å². The monoisotopic (exact) mass is 143 g/mol. The minimum atomic E-state index is 0.0381. The van der Waals surface area contributed by atoms with Gasteiger partial charge in [-0.25, -0.2) is 4.39 Å². The Labute approximate surface area is 61.5 Å².